The highest BCUT2D eigenvalue weighted by molar-refractivity contribution is 5.77. The molecule has 1 saturated heterocycles. The topological polar surface area (TPSA) is 39.9 Å². The molecular weight excluding hydrogens is 413 g/mol. The number of piperazine rings is 1. The fourth-order valence-corrected chi connectivity index (χ4v) is 5.06. The molecule has 3 heterocycles. The third-order valence-corrected chi connectivity index (χ3v) is 6.79. The zero-order valence-corrected chi connectivity index (χ0v) is 19.1. The lowest BCUT2D eigenvalue weighted by atomic mass is 9.94. The van der Waals surface area contributed by atoms with Crippen molar-refractivity contribution in [1.29, 1.82) is 0 Å². The highest BCUT2D eigenvalue weighted by Gasteiger charge is 2.30. The number of fused-ring (bicyclic) bond motifs is 1. The van der Waals surface area contributed by atoms with Crippen molar-refractivity contribution in [3.8, 4) is 11.3 Å². The van der Waals surface area contributed by atoms with Crippen molar-refractivity contribution in [3.05, 3.63) is 101 Å². The first-order valence-electron chi connectivity index (χ1n) is 11.6. The highest BCUT2D eigenvalue weighted by Crippen LogP contribution is 2.38. The first kappa shape index (κ1) is 21.8. The Kier molecular flexibility index (Phi) is 6.02. The molecule has 5 rings (SSSR count). The van der Waals surface area contributed by atoms with Crippen LogP contribution in [0.25, 0.3) is 16.8 Å². The lowest BCUT2D eigenvalue weighted by Crippen LogP contribution is -2.50. The van der Waals surface area contributed by atoms with E-state index in [9.17, 15) is 9.50 Å². The Labute approximate surface area is 194 Å². The summed E-state index contributed by atoms with van der Waals surface area (Å²) in [7, 11) is 0. The van der Waals surface area contributed by atoms with Crippen LogP contribution in [0, 0.1) is 12.7 Å². The summed E-state index contributed by atoms with van der Waals surface area (Å²) < 4.78 is 16.6. The standard InChI is InChI=1S/C28H30FN3O/c1-19-18-31(16-14-30-19)28(33)26-23(17-22-11-8-12-24(29)20(22)2)27(21-9-4-3-5-10-21)32-15-7-6-13-25(26)32/h3-13,15,19,28,30,33H,14,16-18H2,1-2H3/t19-,28?/m0/s1. The molecule has 0 aliphatic carbocycles. The van der Waals surface area contributed by atoms with Crippen LogP contribution in [0.15, 0.2) is 72.9 Å². The van der Waals surface area contributed by atoms with Crippen LogP contribution in [-0.2, 0) is 6.42 Å². The summed E-state index contributed by atoms with van der Waals surface area (Å²) in [6.45, 7) is 6.35. The van der Waals surface area contributed by atoms with Crippen molar-refractivity contribution in [2.45, 2.75) is 32.5 Å². The summed E-state index contributed by atoms with van der Waals surface area (Å²) in [4.78, 5) is 2.14. The number of nitrogens with one attached hydrogen (secondary N) is 1. The largest absolute Gasteiger partial charge is 0.374 e. The second kappa shape index (κ2) is 9.10. The number of aliphatic hydroxyl groups excluding tert-OH is 1. The van der Waals surface area contributed by atoms with E-state index in [1.807, 2.05) is 43.3 Å². The summed E-state index contributed by atoms with van der Waals surface area (Å²) in [6.07, 6.45) is 1.85. The van der Waals surface area contributed by atoms with E-state index in [0.717, 1.165) is 53.1 Å². The Hall–Kier alpha value is -2.99. The van der Waals surface area contributed by atoms with E-state index >= 15 is 0 Å². The number of nitrogens with zero attached hydrogens (tertiary/aromatic N) is 2. The predicted molar refractivity (Wildman–Crippen MR) is 131 cm³/mol. The number of hydrogen-bond donors (Lipinski definition) is 2. The Morgan fingerprint density at radius 3 is 2.64 bits per heavy atom. The second-order valence-corrected chi connectivity index (χ2v) is 8.99. The molecule has 1 fully saturated rings. The van der Waals surface area contributed by atoms with Gasteiger partial charge >= 0.3 is 0 Å². The summed E-state index contributed by atoms with van der Waals surface area (Å²) in [6, 6.07) is 21.9. The number of halogens is 1. The van der Waals surface area contributed by atoms with Gasteiger partial charge in [-0.3, -0.25) is 4.90 Å². The molecule has 0 radical (unpaired) electrons. The summed E-state index contributed by atoms with van der Waals surface area (Å²) in [5.74, 6) is -0.199. The van der Waals surface area contributed by atoms with E-state index in [2.05, 4.69) is 45.9 Å². The molecule has 5 heteroatoms. The maximum atomic E-state index is 14.4. The maximum absolute atomic E-state index is 14.4. The average Bonchev–Trinajstić information content (AvgIpc) is 3.15. The smallest absolute Gasteiger partial charge is 0.136 e. The molecule has 0 bridgehead atoms. The molecule has 4 nitrogen and oxygen atoms in total. The molecule has 0 saturated carbocycles. The van der Waals surface area contributed by atoms with Crippen LogP contribution in [0.4, 0.5) is 4.39 Å². The van der Waals surface area contributed by atoms with Crippen molar-refractivity contribution in [2.24, 2.45) is 0 Å². The van der Waals surface area contributed by atoms with Gasteiger partial charge in [-0.05, 0) is 54.3 Å². The van der Waals surface area contributed by atoms with Gasteiger partial charge in [-0.1, -0.05) is 48.5 Å². The summed E-state index contributed by atoms with van der Waals surface area (Å²) in [5.41, 5.74) is 6.65. The molecule has 0 amide bonds. The van der Waals surface area contributed by atoms with Crippen LogP contribution in [0.1, 0.15) is 35.4 Å². The van der Waals surface area contributed by atoms with Gasteiger partial charge in [-0.15, -0.1) is 0 Å². The zero-order valence-electron chi connectivity index (χ0n) is 19.1. The first-order valence-corrected chi connectivity index (χ1v) is 11.6. The van der Waals surface area contributed by atoms with Crippen LogP contribution in [-0.4, -0.2) is 40.1 Å². The highest BCUT2D eigenvalue weighted by atomic mass is 19.1. The molecule has 33 heavy (non-hydrogen) atoms. The molecule has 2 aromatic carbocycles. The van der Waals surface area contributed by atoms with Crippen molar-refractivity contribution in [1.82, 2.24) is 14.6 Å². The van der Waals surface area contributed by atoms with Crippen LogP contribution in [0.5, 0.6) is 0 Å². The zero-order chi connectivity index (χ0) is 22.9. The number of rotatable bonds is 5. The fourth-order valence-electron chi connectivity index (χ4n) is 5.06. The van der Waals surface area contributed by atoms with Gasteiger partial charge in [0.2, 0.25) is 0 Å². The van der Waals surface area contributed by atoms with Gasteiger partial charge in [-0.25, -0.2) is 4.39 Å². The van der Waals surface area contributed by atoms with Crippen molar-refractivity contribution < 1.29 is 9.50 Å². The van der Waals surface area contributed by atoms with Crippen molar-refractivity contribution in [3.63, 3.8) is 0 Å². The van der Waals surface area contributed by atoms with Gasteiger partial charge in [0, 0.05) is 43.9 Å². The number of pyridine rings is 1. The van der Waals surface area contributed by atoms with E-state index in [0.29, 0.717) is 18.0 Å². The normalized spacial score (nSPS) is 18.0. The van der Waals surface area contributed by atoms with Gasteiger partial charge in [-0.2, -0.15) is 0 Å². The molecule has 1 unspecified atom stereocenters. The second-order valence-electron chi connectivity index (χ2n) is 8.99. The van der Waals surface area contributed by atoms with Crippen LogP contribution >= 0.6 is 0 Å². The Morgan fingerprint density at radius 1 is 1.06 bits per heavy atom. The van der Waals surface area contributed by atoms with Crippen LogP contribution in [0.3, 0.4) is 0 Å². The van der Waals surface area contributed by atoms with E-state index in [1.165, 1.54) is 6.07 Å². The lowest BCUT2D eigenvalue weighted by molar-refractivity contribution is -0.0132. The molecular formula is C28H30FN3O. The molecule has 170 valence electrons. The van der Waals surface area contributed by atoms with Crippen LogP contribution in [0.2, 0.25) is 0 Å². The third-order valence-electron chi connectivity index (χ3n) is 6.79. The van der Waals surface area contributed by atoms with Gasteiger partial charge in [0.05, 0.1) is 11.2 Å². The minimum absolute atomic E-state index is 0.199. The SMILES string of the molecule is Cc1c(F)cccc1Cc1c(C(O)N2CCN[C@@H](C)C2)c2ccccn2c1-c1ccccc1. The van der Waals surface area contributed by atoms with Gasteiger partial charge < -0.3 is 14.8 Å². The first-order chi connectivity index (χ1) is 16.0. The van der Waals surface area contributed by atoms with E-state index in [-0.39, 0.29) is 5.82 Å². The predicted octanol–water partition coefficient (Wildman–Crippen LogP) is 4.93. The van der Waals surface area contributed by atoms with Gasteiger partial charge in [0.25, 0.3) is 0 Å². The molecule has 1 aliphatic rings. The fraction of sp³-hybridized carbons (Fsp3) is 0.286. The number of benzene rings is 2. The van der Waals surface area contributed by atoms with E-state index in [4.69, 9.17) is 0 Å². The van der Waals surface area contributed by atoms with E-state index < -0.39 is 6.23 Å². The molecule has 1 aliphatic heterocycles. The number of aromatic nitrogens is 1. The van der Waals surface area contributed by atoms with Crippen molar-refractivity contribution >= 4 is 5.52 Å². The summed E-state index contributed by atoms with van der Waals surface area (Å²) >= 11 is 0. The Balaban J connectivity index is 1.74. The molecule has 2 atom stereocenters. The molecule has 2 N–H and O–H groups in total. The molecule has 0 spiro atoms. The maximum Gasteiger partial charge on any atom is 0.136 e. The van der Waals surface area contributed by atoms with Gasteiger partial charge in [0.1, 0.15) is 12.0 Å². The molecule has 4 aromatic rings. The number of aliphatic hydroxyl groups is 1. The van der Waals surface area contributed by atoms with Crippen LogP contribution < -0.4 is 5.32 Å². The van der Waals surface area contributed by atoms with Gasteiger partial charge in [0.15, 0.2) is 0 Å². The van der Waals surface area contributed by atoms with Crippen molar-refractivity contribution in [2.75, 3.05) is 19.6 Å². The molecule has 2 aromatic heterocycles. The Morgan fingerprint density at radius 2 is 1.85 bits per heavy atom. The number of hydrogen-bond acceptors (Lipinski definition) is 3. The third kappa shape index (κ3) is 4.08. The monoisotopic (exact) mass is 443 g/mol. The summed E-state index contributed by atoms with van der Waals surface area (Å²) in [5, 5.41) is 15.2. The van der Waals surface area contributed by atoms with E-state index in [1.54, 1.807) is 6.07 Å². The quantitative estimate of drug-likeness (QED) is 0.460. The average molecular weight is 444 g/mol. The lowest BCUT2D eigenvalue weighted by Gasteiger charge is -2.35. The minimum Gasteiger partial charge on any atom is -0.374 e. The minimum atomic E-state index is -0.742. The Bertz CT molecular complexity index is 1270.